The molecule has 0 bridgehead atoms. The standard InChI is InChI=1S/C26H34N6O/c1-5-24-23(25-29-16(2)14-17(3)32(25)31-24)15-19-6-8-20(9-7-19)18(4)33-26(30-28)21-10-12-22(27)13-11-21/h6-9,14,21-22H,4-5,10-13,15,27-28H2,1-3H3/b30-26-/t21-,22-. The van der Waals surface area contributed by atoms with Gasteiger partial charge in [-0.1, -0.05) is 37.8 Å². The molecule has 1 aliphatic rings. The minimum atomic E-state index is 0.202. The predicted octanol–water partition coefficient (Wildman–Crippen LogP) is 4.28. The van der Waals surface area contributed by atoms with E-state index in [9.17, 15) is 0 Å². The van der Waals surface area contributed by atoms with E-state index >= 15 is 0 Å². The zero-order valence-electron chi connectivity index (χ0n) is 19.8. The Morgan fingerprint density at radius 2 is 1.88 bits per heavy atom. The van der Waals surface area contributed by atoms with Gasteiger partial charge in [-0.15, -0.1) is 5.10 Å². The van der Waals surface area contributed by atoms with E-state index in [0.717, 1.165) is 66.8 Å². The van der Waals surface area contributed by atoms with Crippen molar-refractivity contribution in [3.8, 4) is 0 Å². The summed E-state index contributed by atoms with van der Waals surface area (Å²) in [7, 11) is 0. The highest BCUT2D eigenvalue weighted by Gasteiger charge is 2.25. The molecule has 1 saturated carbocycles. The fourth-order valence-electron chi connectivity index (χ4n) is 4.65. The first-order valence-electron chi connectivity index (χ1n) is 11.7. The van der Waals surface area contributed by atoms with Crippen molar-refractivity contribution in [1.82, 2.24) is 14.6 Å². The van der Waals surface area contributed by atoms with Crippen LogP contribution >= 0.6 is 0 Å². The Hall–Kier alpha value is -3.19. The van der Waals surface area contributed by atoms with E-state index in [1.165, 1.54) is 11.1 Å². The van der Waals surface area contributed by atoms with Gasteiger partial charge in [-0.25, -0.2) is 9.50 Å². The molecule has 2 heterocycles. The molecule has 1 aromatic carbocycles. The van der Waals surface area contributed by atoms with Crippen LogP contribution in [-0.4, -0.2) is 26.5 Å². The highest BCUT2D eigenvalue weighted by molar-refractivity contribution is 5.84. The third-order valence-corrected chi connectivity index (χ3v) is 6.54. The van der Waals surface area contributed by atoms with Gasteiger partial charge in [0, 0.05) is 40.9 Å². The number of rotatable bonds is 6. The summed E-state index contributed by atoms with van der Waals surface area (Å²) in [5.41, 5.74) is 13.4. The predicted molar refractivity (Wildman–Crippen MR) is 133 cm³/mol. The molecule has 0 saturated heterocycles. The van der Waals surface area contributed by atoms with Crippen molar-refractivity contribution in [1.29, 1.82) is 0 Å². The number of aryl methyl sites for hydroxylation is 3. The Balaban J connectivity index is 1.49. The summed E-state index contributed by atoms with van der Waals surface area (Å²) in [5.74, 6) is 6.94. The largest absolute Gasteiger partial charge is 0.441 e. The minimum Gasteiger partial charge on any atom is -0.441 e. The molecule has 174 valence electrons. The van der Waals surface area contributed by atoms with Crippen molar-refractivity contribution in [2.45, 2.75) is 65.3 Å². The van der Waals surface area contributed by atoms with Crippen LogP contribution < -0.4 is 11.6 Å². The number of nitrogens with two attached hydrogens (primary N) is 2. The molecule has 4 rings (SSSR count). The Kier molecular flexibility index (Phi) is 6.79. The van der Waals surface area contributed by atoms with Gasteiger partial charge in [0.05, 0.1) is 5.69 Å². The molecular formula is C26H34N6O. The van der Waals surface area contributed by atoms with Crippen LogP contribution in [0.25, 0.3) is 11.4 Å². The normalized spacial score (nSPS) is 19.1. The second-order valence-corrected chi connectivity index (χ2v) is 9.03. The third-order valence-electron chi connectivity index (χ3n) is 6.54. The van der Waals surface area contributed by atoms with Crippen LogP contribution in [-0.2, 0) is 17.6 Å². The van der Waals surface area contributed by atoms with Gasteiger partial charge in [0.2, 0.25) is 5.90 Å². The van der Waals surface area contributed by atoms with Crippen LogP contribution in [0.3, 0.4) is 0 Å². The van der Waals surface area contributed by atoms with E-state index in [4.69, 9.17) is 26.4 Å². The Morgan fingerprint density at radius 3 is 2.52 bits per heavy atom. The van der Waals surface area contributed by atoms with Crippen LogP contribution in [0.2, 0.25) is 0 Å². The van der Waals surface area contributed by atoms with Crippen molar-refractivity contribution >= 4 is 17.3 Å². The second kappa shape index (κ2) is 9.75. The number of hydrogen-bond donors (Lipinski definition) is 2. The summed E-state index contributed by atoms with van der Waals surface area (Å²) in [6, 6.07) is 10.6. The number of benzene rings is 1. The molecule has 2 aromatic heterocycles. The smallest absolute Gasteiger partial charge is 0.214 e. The van der Waals surface area contributed by atoms with Gasteiger partial charge >= 0.3 is 0 Å². The highest BCUT2D eigenvalue weighted by atomic mass is 16.5. The molecule has 3 aromatic rings. The summed E-state index contributed by atoms with van der Waals surface area (Å²) >= 11 is 0. The van der Waals surface area contributed by atoms with Gasteiger partial charge in [0.15, 0.2) is 5.65 Å². The Morgan fingerprint density at radius 1 is 1.18 bits per heavy atom. The summed E-state index contributed by atoms with van der Waals surface area (Å²) in [5, 5.41) is 8.70. The van der Waals surface area contributed by atoms with Crippen molar-refractivity contribution in [3.63, 3.8) is 0 Å². The Labute approximate surface area is 195 Å². The molecule has 0 aliphatic heterocycles. The van der Waals surface area contributed by atoms with Gasteiger partial charge in [0.1, 0.15) is 5.76 Å². The maximum absolute atomic E-state index is 6.02. The molecule has 1 fully saturated rings. The van der Waals surface area contributed by atoms with Crippen molar-refractivity contribution in [2.24, 2.45) is 22.6 Å². The number of aromatic nitrogens is 3. The first-order valence-corrected chi connectivity index (χ1v) is 11.7. The molecule has 7 nitrogen and oxygen atoms in total. The SMILES string of the molecule is C=C(O/C(=N\N)[C@H]1CC[C@H](N)CC1)c1ccc(Cc2c(CC)nn3c(C)cc(C)nc23)cc1. The van der Waals surface area contributed by atoms with Gasteiger partial charge in [-0.2, -0.15) is 5.10 Å². The molecule has 33 heavy (non-hydrogen) atoms. The topological polar surface area (TPSA) is 104 Å². The van der Waals surface area contributed by atoms with Crippen LogP contribution in [0.1, 0.15) is 66.4 Å². The average Bonchev–Trinajstić information content (AvgIpc) is 3.16. The fourth-order valence-corrected chi connectivity index (χ4v) is 4.65. The van der Waals surface area contributed by atoms with Gasteiger partial charge in [-0.3, -0.25) is 0 Å². The quantitative estimate of drug-likeness (QED) is 0.193. The monoisotopic (exact) mass is 446 g/mol. The van der Waals surface area contributed by atoms with E-state index in [0.29, 0.717) is 11.7 Å². The molecule has 0 radical (unpaired) electrons. The van der Waals surface area contributed by atoms with Crippen molar-refractivity contribution < 1.29 is 4.74 Å². The number of hydrazone groups is 1. The molecular weight excluding hydrogens is 412 g/mol. The zero-order chi connectivity index (χ0) is 23.5. The van der Waals surface area contributed by atoms with E-state index in [-0.39, 0.29) is 12.0 Å². The van der Waals surface area contributed by atoms with E-state index in [1.807, 2.05) is 23.6 Å². The minimum absolute atomic E-state index is 0.202. The van der Waals surface area contributed by atoms with E-state index in [2.05, 4.69) is 43.7 Å². The third kappa shape index (κ3) is 4.93. The number of ether oxygens (including phenoxy) is 1. The lowest BCUT2D eigenvalue weighted by Gasteiger charge is -2.26. The number of fused-ring (bicyclic) bond motifs is 1. The number of nitrogens with zero attached hydrogens (tertiary/aromatic N) is 4. The van der Waals surface area contributed by atoms with Crippen LogP contribution in [0.4, 0.5) is 0 Å². The summed E-state index contributed by atoms with van der Waals surface area (Å²) in [6.45, 7) is 10.3. The fraction of sp³-hybridized carbons (Fsp3) is 0.423. The van der Waals surface area contributed by atoms with Crippen molar-refractivity contribution in [3.05, 3.63) is 70.7 Å². The van der Waals surface area contributed by atoms with Crippen molar-refractivity contribution in [2.75, 3.05) is 0 Å². The van der Waals surface area contributed by atoms with E-state index in [1.54, 1.807) is 0 Å². The van der Waals surface area contributed by atoms with Gasteiger partial charge in [-0.05, 0) is 57.6 Å². The molecule has 0 unspecified atom stereocenters. The first kappa shape index (κ1) is 23.0. The second-order valence-electron chi connectivity index (χ2n) is 9.03. The first-order chi connectivity index (χ1) is 15.9. The molecule has 0 atom stereocenters. The highest BCUT2D eigenvalue weighted by Crippen LogP contribution is 2.28. The summed E-state index contributed by atoms with van der Waals surface area (Å²) in [4.78, 5) is 4.77. The molecule has 4 N–H and O–H groups in total. The summed E-state index contributed by atoms with van der Waals surface area (Å²) in [6.07, 6.45) is 5.45. The van der Waals surface area contributed by atoms with Crippen LogP contribution in [0.5, 0.6) is 0 Å². The maximum atomic E-state index is 6.02. The Bertz CT molecular complexity index is 1170. The van der Waals surface area contributed by atoms with Gasteiger partial charge < -0.3 is 16.3 Å². The van der Waals surface area contributed by atoms with Crippen LogP contribution in [0, 0.1) is 19.8 Å². The lowest BCUT2D eigenvalue weighted by Crippen LogP contribution is -2.31. The average molecular weight is 447 g/mol. The lowest BCUT2D eigenvalue weighted by molar-refractivity contribution is 0.346. The van der Waals surface area contributed by atoms with E-state index < -0.39 is 0 Å². The number of hydrogen-bond acceptors (Lipinski definition) is 6. The molecule has 1 aliphatic carbocycles. The molecule has 7 heteroatoms. The van der Waals surface area contributed by atoms with Crippen LogP contribution in [0.15, 0.2) is 42.0 Å². The lowest BCUT2D eigenvalue weighted by atomic mass is 9.86. The van der Waals surface area contributed by atoms with Gasteiger partial charge in [0.25, 0.3) is 0 Å². The molecule has 0 amide bonds. The summed E-state index contributed by atoms with van der Waals surface area (Å²) < 4.78 is 7.95. The maximum Gasteiger partial charge on any atom is 0.214 e. The molecule has 0 spiro atoms. The zero-order valence-corrected chi connectivity index (χ0v) is 19.8.